The molecule has 0 saturated heterocycles. The number of carbonyl (C=O) groups is 1. The molecule has 0 atom stereocenters. The lowest BCUT2D eigenvalue weighted by Crippen LogP contribution is -2.34. The Morgan fingerprint density at radius 1 is 1.11 bits per heavy atom. The number of aromatic nitrogens is 2. The van der Waals surface area contributed by atoms with E-state index in [2.05, 4.69) is 20.5 Å². The zero-order chi connectivity index (χ0) is 19.1. The fourth-order valence-corrected chi connectivity index (χ4v) is 4.12. The fraction of sp³-hybridized carbons (Fsp3) is 0.444. The van der Waals surface area contributed by atoms with Crippen LogP contribution in [-0.4, -0.2) is 36.5 Å². The van der Waals surface area contributed by atoms with E-state index in [1.165, 1.54) is 19.3 Å². The lowest BCUT2D eigenvalue weighted by atomic mass is 9.96. The first kappa shape index (κ1) is 19.2. The van der Waals surface area contributed by atoms with E-state index < -0.39 is 16.1 Å². The van der Waals surface area contributed by atoms with Crippen molar-refractivity contribution in [1.82, 2.24) is 15.1 Å². The van der Waals surface area contributed by atoms with Gasteiger partial charge in [-0.25, -0.2) is 13.2 Å². The lowest BCUT2D eigenvalue weighted by molar-refractivity contribution is 0.252. The van der Waals surface area contributed by atoms with E-state index in [-0.39, 0.29) is 12.3 Å². The van der Waals surface area contributed by atoms with Crippen molar-refractivity contribution in [3.63, 3.8) is 0 Å². The Balaban J connectivity index is 1.42. The van der Waals surface area contributed by atoms with E-state index in [9.17, 15) is 13.2 Å². The molecule has 1 fully saturated rings. The lowest BCUT2D eigenvalue weighted by Gasteiger charge is -2.21. The van der Waals surface area contributed by atoms with Crippen molar-refractivity contribution < 1.29 is 13.2 Å². The molecule has 0 aliphatic heterocycles. The van der Waals surface area contributed by atoms with E-state index in [0.717, 1.165) is 12.8 Å². The summed E-state index contributed by atoms with van der Waals surface area (Å²) in [6.45, 7) is -0.00265. The molecule has 1 aromatic carbocycles. The van der Waals surface area contributed by atoms with Crippen molar-refractivity contribution in [2.24, 2.45) is 0 Å². The van der Waals surface area contributed by atoms with Crippen molar-refractivity contribution >= 4 is 27.6 Å². The van der Waals surface area contributed by atoms with Crippen molar-refractivity contribution in [2.45, 2.75) is 38.1 Å². The van der Waals surface area contributed by atoms with Gasteiger partial charge in [0.25, 0.3) is 0 Å². The van der Waals surface area contributed by atoms with Crippen LogP contribution in [0.2, 0.25) is 0 Å². The number of rotatable bonds is 7. The van der Waals surface area contributed by atoms with Gasteiger partial charge in [0.2, 0.25) is 10.0 Å². The molecular formula is C18H25N5O3S. The quantitative estimate of drug-likeness (QED) is 0.675. The minimum atomic E-state index is -3.53. The van der Waals surface area contributed by atoms with Gasteiger partial charge in [0.15, 0.2) is 5.82 Å². The number of nitrogens with one attached hydrogen (secondary N) is 3. The number of hydrogen-bond donors (Lipinski definition) is 3. The van der Waals surface area contributed by atoms with Crippen LogP contribution in [0.3, 0.4) is 0 Å². The molecule has 0 spiro atoms. The average Bonchev–Trinajstić information content (AvgIpc) is 3.11. The highest BCUT2D eigenvalue weighted by atomic mass is 32.2. The molecule has 1 heterocycles. The van der Waals surface area contributed by atoms with Crippen LogP contribution in [0.4, 0.5) is 16.3 Å². The van der Waals surface area contributed by atoms with Crippen LogP contribution < -0.4 is 15.4 Å². The van der Waals surface area contributed by atoms with Crippen LogP contribution in [0.15, 0.2) is 42.6 Å². The van der Waals surface area contributed by atoms with Crippen LogP contribution in [0.5, 0.6) is 0 Å². The number of urea groups is 1. The van der Waals surface area contributed by atoms with Crippen LogP contribution in [0.25, 0.3) is 0 Å². The summed E-state index contributed by atoms with van der Waals surface area (Å²) >= 11 is 0. The van der Waals surface area contributed by atoms with Crippen LogP contribution in [-0.2, 0) is 10.0 Å². The molecule has 1 aromatic heterocycles. The molecule has 2 amide bonds. The maximum Gasteiger partial charge on any atom is 0.320 e. The van der Waals surface area contributed by atoms with Gasteiger partial charge in [-0.2, -0.15) is 5.10 Å². The average molecular weight is 391 g/mol. The summed E-state index contributed by atoms with van der Waals surface area (Å²) in [4.78, 5) is 12.0. The fourth-order valence-electron chi connectivity index (χ4n) is 3.15. The topological polar surface area (TPSA) is 105 Å². The van der Waals surface area contributed by atoms with Crippen LogP contribution in [0.1, 0.15) is 38.1 Å². The Morgan fingerprint density at radius 3 is 2.59 bits per heavy atom. The number of sulfonamides is 1. The Labute approximate surface area is 159 Å². The number of hydrogen-bond acceptors (Lipinski definition) is 4. The molecule has 146 valence electrons. The van der Waals surface area contributed by atoms with Crippen molar-refractivity contribution in [3.8, 4) is 0 Å². The number of carbonyl (C=O) groups excluding carboxylic acids is 1. The van der Waals surface area contributed by atoms with Gasteiger partial charge < -0.3 is 5.32 Å². The van der Waals surface area contributed by atoms with E-state index in [4.69, 9.17) is 0 Å². The third-order valence-electron chi connectivity index (χ3n) is 4.50. The van der Waals surface area contributed by atoms with Gasteiger partial charge in [0.05, 0.1) is 11.8 Å². The molecule has 1 saturated carbocycles. The normalized spacial score (nSPS) is 15.3. The summed E-state index contributed by atoms with van der Waals surface area (Å²) in [5, 5.41) is 9.58. The summed E-state index contributed by atoms with van der Waals surface area (Å²) in [7, 11) is -3.53. The Hall–Kier alpha value is -2.55. The van der Waals surface area contributed by atoms with Crippen LogP contribution >= 0.6 is 0 Å². The molecule has 2 aromatic rings. The standard InChI is InChI=1S/C18H25N5O3S/c24-18(19-12-14-27(25,26)22-15-7-3-1-4-8-15)20-17-11-13-23(21-17)16-9-5-2-6-10-16/h1,3-4,7-8,11,13,16,22H,2,5-6,9-10,12,14H2,(H2,19,20,21,24). The predicted molar refractivity (Wildman–Crippen MR) is 105 cm³/mol. The summed E-state index contributed by atoms with van der Waals surface area (Å²) < 4.78 is 28.4. The maximum atomic E-state index is 12.0. The minimum absolute atomic E-state index is 0.00265. The molecule has 8 nitrogen and oxygen atoms in total. The largest absolute Gasteiger partial charge is 0.337 e. The molecule has 1 aliphatic rings. The molecule has 0 radical (unpaired) electrons. The number of nitrogens with zero attached hydrogens (tertiary/aromatic N) is 2. The number of para-hydroxylation sites is 1. The van der Waals surface area contributed by atoms with E-state index in [0.29, 0.717) is 17.5 Å². The van der Waals surface area contributed by atoms with Gasteiger partial charge in [0.1, 0.15) is 0 Å². The highest BCUT2D eigenvalue weighted by Crippen LogP contribution is 2.27. The van der Waals surface area contributed by atoms with Gasteiger partial charge in [-0.3, -0.25) is 14.7 Å². The maximum absolute atomic E-state index is 12.0. The monoisotopic (exact) mass is 391 g/mol. The number of benzene rings is 1. The Morgan fingerprint density at radius 2 is 1.85 bits per heavy atom. The molecule has 9 heteroatoms. The van der Waals surface area contributed by atoms with E-state index in [1.54, 1.807) is 36.4 Å². The van der Waals surface area contributed by atoms with E-state index in [1.807, 2.05) is 10.9 Å². The summed E-state index contributed by atoms with van der Waals surface area (Å²) in [5.74, 6) is 0.245. The Kier molecular flexibility index (Phi) is 6.33. The van der Waals surface area contributed by atoms with Gasteiger partial charge in [-0.1, -0.05) is 37.5 Å². The molecule has 3 N–H and O–H groups in total. The third kappa shape index (κ3) is 5.99. The van der Waals surface area contributed by atoms with Gasteiger partial charge in [0, 0.05) is 24.5 Å². The minimum Gasteiger partial charge on any atom is -0.337 e. The highest BCUT2D eigenvalue weighted by Gasteiger charge is 2.16. The molecule has 0 bridgehead atoms. The highest BCUT2D eigenvalue weighted by molar-refractivity contribution is 7.92. The first-order valence-electron chi connectivity index (χ1n) is 9.17. The van der Waals surface area contributed by atoms with Crippen LogP contribution in [0, 0.1) is 0 Å². The molecule has 0 unspecified atom stereocenters. The second-order valence-electron chi connectivity index (χ2n) is 6.64. The van der Waals surface area contributed by atoms with E-state index >= 15 is 0 Å². The van der Waals surface area contributed by atoms with Crippen molar-refractivity contribution in [3.05, 3.63) is 42.6 Å². The molecule has 3 rings (SSSR count). The van der Waals surface area contributed by atoms with Gasteiger partial charge in [-0.15, -0.1) is 0 Å². The van der Waals surface area contributed by atoms with Crippen molar-refractivity contribution in [1.29, 1.82) is 0 Å². The SMILES string of the molecule is O=C(NCCS(=O)(=O)Nc1ccccc1)Nc1ccn(C2CCCCC2)n1. The molecule has 27 heavy (non-hydrogen) atoms. The first-order valence-corrected chi connectivity index (χ1v) is 10.8. The van der Waals surface area contributed by atoms with Gasteiger partial charge in [-0.05, 0) is 25.0 Å². The number of amides is 2. The molecular weight excluding hydrogens is 366 g/mol. The molecule has 1 aliphatic carbocycles. The zero-order valence-corrected chi connectivity index (χ0v) is 15.9. The summed E-state index contributed by atoms with van der Waals surface area (Å²) in [6, 6.07) is 10.3. The summed E-state index contributed by atoms with van der Waals surface area (Å²) in [5.41, 5.74) is 0.496. The summed E-state index contributed by atoms with van der Waals surface area (Å²) in [6.07, 6.45) is 7.78. The smallest absolute Gasteiger partial charge is 0.320 e. The number of anilines is 2. The van der Waals surface area contributed by atoms with Gasteiger partial charge >= 0.3 is 6.03 Å². The second kappa shape index (κ2) is 8.90. The van der Waals surface area contributed by atoms with Crippen molar-refractivity contribution in [2.75, 3.05) is 22.3 Å². The first-order chi connectivity index (χ1) is 13.0. The predicted octanol–water partition coefficient (Wildman–Crippen LogP) is 2.95. The third-order valence-corrected chi connectivity index (χ3v) is 5.79. The Bertz CT molecular complexity index is 845. The zero-order valence-electron chi connectivity index (χ0n) is 15.1. The second-order valence-corrected chi connectivity index (χ2v) is 8.48.